The Kier molecular flexibility index (Phi) is 9.46. The Morgan fingerprint density at radius 2 is 1.96 bits per heavy atom. The Bertz CT molecular complexity index is 743. The van der Waals surface area contributed by atoms with Gasteiger partial charge in [-0.15, -0.1) is 35.3 Å². The Morgan fingerprint density at radius 1 is 1.25 bits per heavy atom. The van der Waals surface area contributed by atoms with E-state index in [9.17, 15) is 0 Å². The Labute approximate surface area is 188 Å². The maximum absolute atomic E-state index is 5.30. The minimum Gasteiger partial charge on any atom is -0.497 e. The molecule has 28 heavy (non-hydrogen) atoms. The highest BCUT2D eigenvalue weighted by Gasteiger charge is 2.23. The van der Waals surface area contributed by atoms with Crippen LogP contribution >= 0.6 is 35.3 Å². The molecule has 0 radical (unpaired) electrons. The molecule has 0 spiro atoms. The van der Waals surface area contributed by atoms with Gasteiger partial charge in [0.25, 0.3) is 0 Å². The summed E-state index contributed by atoms with van der Waals surface area (Å²) >= 11 is 1.71. The van der Waals surface area contributed by atoms with Crippen LogP contribution in [-0.2, 0) is 6.54 Å². The van der Waals surface area contributed by atoms with E-state index < -0.39 is 0 Å². The van der Waals surface area contributed by atoms with E-state index >= 15 is 0 Å². The topological polar surface area (TPSA) is 61.8 Å². The van der Waals surface area contributed by atoms with Gasteiger partial charge in [-0.1, -0.05) is 12.1 Å². The molecule has 0 saturated carbocycles. The molecule has 8 heteroatoms. The van der Waals surface area contributed by atoms with Crippen LogP contribution in [0.2, 0.25) is 0 Å². The third kappa shape index (κ3) is 6.31. The molecule has 1 aromatic carbocycles. The second kappa shape index (κ2) is 11.6. The summed E-state index contributed by atoms with van der Waals surface area (Å²) in [5.41, 5.74) is 1.30. The fourth-order valence-electron chi connectivity index (χ4n) is 3.39. The van der Waals surface area contributed by atoms with Crippen molar-refractivity contribution in [1.29, 1.82) is 0 Å². The lowest BCUT2D eigenvalue weighted by atomic mass is 10.1. The number of nitrogens with one attached hydrogen (secondary N) is 2. The number of aromatic nitrogens is 1. The zero-order chi connectivity index (χ0) is 19.1. The van der Waals surface area contributed by atoms with Gasteiger partial charge in [-0.25, -0.2) is 4.98 Å². The molecule has 2 N–H and O–H groups in total. The van der Waals surface area contributed by atoms with Gasteiger partial charge in [0.2, 0.25) is 0 Å². The number of likely N-dealkylation sites (tertiary alicyclic amines) is 1. The number of hydrogen-bond acceptors (Lipinski definition) is 5. The van der Waals surface area contributed by atoms with Crippen LogP contribution in [0.25, 0.3) is 0 Å². The van der Waals surface area contributed by atoms with Crippen molar-refractivity contribution in [3.8, 4) is 5.75 Å². The summed E-state index contributed by atoms with van der Waals surface area (Å²) in [6.07, 6.45) is 4.44. The van der Waals surface area contributed by atoms with Crippen LogP contribution in [0.4, 0.5) is 0 Å². The molecule has 1 saturated heterocycles. The first-order valence-corrected chi connectivity index (χ1v) is 10.2. The van der Waals surface area contributed by atoms with Crippen molar-refractivity contribution in [3.05, 3.63) is 45.9 Å². The number of nitrogens with zero attached hydrogens (tertiary/aromatic N) is 3. The van der Waals surface area contributed by atoms with E-state index in [-0.39, 0.29) is 24.0 Å². The number of methoxy groups -OCH3 is 1. The van der Waals surface area contributed by atoms with Crippen LogP contribution < -0.4 is 15.4 Å². The van der Waals surface area contributed by atoms with Gasteiger partial charge in [-0.3, -0.25) is 9.89 Å². The molecule has 1 aliphatic heterocycles. The van der Waals surface area contributed by atoms with E-state index in [0.717, 1.165) is 36.4 Å². The van der Waals surface area contributed by atoms with Crippen molar-refractivity contribution in [2.24, 2.45) is 4.99 Å². The number of halogens is 1. The van der Waals surface area contributed by atoms with Gasteiger partial charge in [-0.2, -0.15) is 0 Å². The first kappa shape index (κ1) is 22.9. The van der Waals surface area contributed by atoms with Gasteiger partial charge in [0.05, 0.1) is 19.7 Å². The lowest BCUT2D eigenvalue weighted by molar-refractivity contribution is 0.245. The average Bonchev–Trinajstić information content (AvgIpc) is 3.37. The smallest absolute Gasteiger partial charge is 0.191 e. The summed E-state index contributed by atoms with van der Waals surface area (Å²) in [5.74, 6) is 1.70. The number of guanidine groups is 1. The fourth-order valence-corrected chi connectivity index (χ4v) is 4.12. The number of rotatable bonds is 7. The van der Waals surface area contributed by atoms with Gasteiger partial charge in [0.1, 0.15) is 10.8 Å². The molecule has 1 atom stereocenters. The van der Waals surface area contributed by atoms with Crippen molar-refractivity contribution < 1.29 is 4.74 Å². The highest BCUT2D eigenvalue weighted by Crippen LogP contribution is 2.26. The van der Waals surface area contributed by atoms with Crippen molar-refractivity contribution in [2.75, 3.05) is 33.8 Å². The minimum absolute atomic E-state index is 0. The minimum atomic E-state index is 0. The number of aryl methyl sites for hydroxylation is 1. The number of benzene rings is 1. The lowest BCUT2D eigenvalue weighted by Gasteiger charge is -2.29. The fraction of sp³-hybridized carbons (Fsp3) is 0.500. The predicted molar refractivity (Wildman–Crippen MR) is 127 cm³/mol. The summed E-state index contributed by atoms with van der Waals surface area (Å²) < 4.78 is 5.30. The van der Waals surface area contributed by atoms with Crippen LogP contribution in [0, 0.1) is 6.92 Å². The quantitative estimate of drug-likeness (QED) is 0.336. The molecule has 154 valence electrons. The van der Waals surface area contributed by atoms with Crippen molar-refractivity contribution in [2.45, 2.75) is 32.4 Å². The normalized spacial score (nSPS) is 15.8. The summed E-state index contributed by atoms with van der Waals surface area (Å²) in [6.45, 7) is 5.85. The molecule has 0 aliphatic carbocycles. The summed E-state index contributed by atoms with van der Waals surface area (Å²) in [5, 5.41) is 7.93. The van der Waals surface area contributed by atoms with Gasteiger partial charge >= 0.3 is 0 Å². The monoisotopic (exact) mass is 515 g/mol. The van der Waals surface area contributed by atoms with Gasteiger partial charge in [-0.05, 0) is 50.6 Å². The molecule has 2 aromatic rings. The molecule has 1 aromatic heterocycles. The highest BCUT2D eigenvalue weighted by atomic mass is 127. The first-order valence-electron chi connectivity index (χ1n) is 9.43. The van der Waals surface area contributed by atoms with Gasteiger partial charge in [0, 0.05) is 24.7 Å². The van der Waals surface area contributed by atoms with Crippen molar-refractivity contribution in [3.63, 3.8) is 0 Å². The zero-order valence-electron chi connectivity index (χ0n) is 16.8. The summed E-state index contributed by atoms with van der Waals surface area (Å²) in [6, 6.07) is 8.72. The molecule has 3 rings (SSSR count). The van der Waals surface area contributed by atoms with Crippen molar-refractivity contribution >= 4 is 41.3 Å². The molecule has 0 amide bonds. The molecule has 1 aliphatic rings. The number of thiazole rings is 1. The second-order valence-electron chi connectivity index (χ2n) is 6.70. The third-order valence-corrected chi connectivity index (χ3v) is 5.76. The van der Waals surface area contributed by atoms with Gasteiger partial charge < -0.3 is 15.4 Å². The standard InChI is InChI=1S/C20H29N5OS.HI/c1-15-12-22-19(27-15)14-24-20(21-2)23-13-18(25-10-4-5-11-25)16-6-8-17(26-3)9-7-16;/h6-9,12,18H,4-5,10-11,13-14H2,1-3H3,(H2,21,23,24);1H. The van der Waals surface area contributed by atoms with Gasteiger partial charge in [0.15, 0.2) is 5.96 Å². The summed E-state index contributed by atoms with van der Waals surface area (Å²) in [4.78, 5) is 12.5. The third-order valence-electron chi connectivity index (χ3n) is 4.84. The molecular formula is C20H30IN5OS. The van der Waals surface area contributed by atoms with Crippen molar-refractivity contribution in [1.82, 2.24) is 20.5 Å². The van der Waals surface area contributed by atoms with E-state index in [4.69, 9.17) is 4.74 Å². The van der Waals surface area contributed by atoms with Crippen LogP contribution in [-0.4, -0.2) is 49.6 Å². The van der Waals surface area contributed by atoms with E-state index in [1.54, 1.807) is 25.5 Å². The Balaban J connectivity index is 0.00000280. The molecule has 6 nitrogen and oxygen atoms in total. The SMILES string of the molecule is CN=C(NCc1ncc(C)s1)NCC(c1ccc(OC)cc1)N1CCCC1.I. The predicted octanol–water partition coefficient (Wildman–Crippen LogP) is 3.58. The molecular weight excluding hydrogens is 485 g/mol. The van der Waals surface area contributed by atoms with E-state index in [0.29, 0.717) is 12.6 Å². The van der Waals surface area contributed by atoms with Crippen LogP contribution in [0.5, 0.6) is 5.75 Å². The lowest BCUT2D eigenvalue weighted by Crippen LogP contribution is -2.42. The van der Waals surface area contributed by atoms with Crippen LogP contribution in [0.15, 0.2) is 35.5 Å². The number of hydrogen-bond donors (Lipinski definition) is 2. The Morgan fingerprint density at radius 3 is 2.54 bits per heavy atom. The maximum atomic E-state index is 5.30. The highest BCUT2D eigenvalue weighted by molar-refractivity contribution is 14.0. The maximum Gasteiger partial charge on any atom is 0.191 e. The Hall–Kier alpha value is -1.39. The molecule has 1 fully saturated rings. The zero-order valence-corrected chi connectivity index (χ0v) is 19.9. The number of ether oxygens (including phenoxy) is 1. The second-order valence-corrected chi connectivity index (χ2v) is 8.02. The van der Waals surface area contributed by atoms with Crippen LogP contribution in [0.3, 0.4) is 0 Å². The van der Waals surface area contributed by atoms with E-state index in [2.05, 4.69) is 44.6 Å². The first-order chi connectivity index (χ1) is 13.2. The van der Waals surface area contributed by atoms with Crippen LogP contribution in [0.1, 0.15) is 34.3 Å². The van der Waals surface area contributed by atoms with E-state index in [1.165, 1.54) is 23.3 Å². The average molecular weight is 515 g/mol. The molecule has 1 unspecified atom stereocenters. The molecule has 2 heterocycles. The molecule has 0 bridgehead atoms. The van der Waals surface area contributed by atoms with E-state index in [1.807, 2.05) is 18.3 Å². The number of aliphatic imine (C=N–C) groups is 1. The largest absolute Gasteiger partial charge is 0.497 e. The summed E-state index contributed by atoms with van der Waals surface area (Å²) in [7, 11) is 3.51.